The van der Waals surface area contributed by atoms with Crippen molar-refractivity contribution in [2.45, 2.75) is 69.9 Å². The molecule has 1 rings (SSSR count). The summed E-state index contributed by atoms with van der Waals surface area (Å²) in [5, 5.41) is 12.4. The number of rotatable bonds is 4. The molecule has 0 radical (unpaired) electrons. The molecular weight excluding hydrogens is 228 g/mol. The number of nitrogens with zero attached hydrogens (tertiary/aromatic N) is 1. The molecule has 1 aliphatic rings. The Morgan fingerprint density at radius 1 is 1.39 bits per heavy atom. The van der Waals surface area contributed by atoms with Crippen LogP contribution in [0.5, 0.6) is 0 Å². The van der Waals surface area contributed by atoms with Gasteiger partial charge < -0.3 is 10.1 Å². The van der Waals surface area contributed by atoms with Gasteiger partial charge in [-0.3, -0.25) is 4.79 Å². The molecule has 0 aromatic rings. The molecule has 4 heteroatoms. The summed E-state index contributed by atoms with van der Waals surface area (Å²) in [4.78, 5) is 12.3. The van der Waals surface area contributed by atoms with E-state index < -0.39 is 11.1 Å². The quantitative estimate of drug-likeness (QED) is 0.782. The van der Waals surface area contributed by atoms with Crippen molar-refractivity contribution >= 4 is 5.91 Å². The molecule has 1 N–H and O–H groups in total. The summed E-state index contributed by atoms with van der Waals surface area (Å²) in [6.45, 7) is 3.68. The van der Waals surface area contributed by atoms with Crippen LogP contribution < -0.4 is 5.32 Å². The van der Waals surface area contributed by atoms with Gasteiger partial charge in [-0.25, -0.2) is 0 Å². The van der Waals surface area contributed by atoms with Crippen LogP contribution in [-0.4, -0.2) is 24.2 Å². The van der Waals surface area contributed by atoms with Gasteiger partial charge in [-0.15, -0.1) is 0 Å². The maximum absolute atomic E-state index is 12.3. The molecule has 1 saturated carbocycles. The highest BCUT2D eigenvalue weighted by Gasteiger charge is 2.39. The highest BCUT2D eigenvalue weighted by molar-refractivity contribution is 5.85. The number of nitriles is 1. The van der Waals surface area contributed by atoms with E-state index in [0.29, 0.717) is 6.42 Å². The predicted octanol–water partition coefficient (Wildman–Crippen LogP) is 2.53. The molecule has 0 aliphatic heterocycles. The molecule has 18 heavy (non-hydrogen) atoms. The molecule has 0 spiro atoms. The third-order valence-electron chi connectivity index (χ3n) is 4.13. The van der Waals surface area contributed by atoms with Gasteiger partial charge >= 0.3 is 0 Å². The molecule has 4 nitrogen and oxygen atoms in total. The molecule has 1 amide bonds. The van der Waals surface area contributed by atoms with Crippen LogP contribution in [0.1, 0.15) is 58.8 Å². The predicted molar refractivity (Wildman–Crippen MR) is 69.9 cm³/mol. The van der Waals surface area contributed by atoms with Crippen LogP contribution in [0.3, 0.4) is 0 Å². The topological polar surface area (TPSA) is 62.1 Å². The first kappa shape index (κ1) is 15.0. The number of methoxy groups -OCH3 is 1. The lowest BCUT2D eigenvalue weighted by atomic mass is 9.90. The Morgan fingerprint density at radius 2 is 1.94 bits per heavy atom. The summed E-state index contributed by atoms with van der Waals surface area (Å²) in [6.07, 6.45) is 6.39. The third-order valence-corrected chi connectivity index (χ3v) is 4.13. The Balaban J connectivity index is 2.79. The maximum atomic E-state index is 12.3. The van der Waals surface area contributed by atoms with E-state index in [2.05, 4.69) is 11.4 Å². The number of carbonyl (C=O) groups is 1. The van der Waals surface area contributed by atoms with E-state index in [9.17, 15) is 10.1 Å². The zero-order chi connectivity index (χ0) is 13.6. The van der Waals surface area contributed by atoms with Gasteiger partial charge in [0, 0.05) is 7.11 Å². The number of ether oxygens (including phenoxy) is 1. The molecule has 0 heterocycles. The fraction of sp³-hybridized carbons (Fsp3) is 0.857. The van der Waals surface area contributed by atoms with E-state index in [4.69, 9.17) is 4.74 Å². The van der Waals surface area contributed by atoms with Crippen molar-refractivity contribution in [3.63, 3.8) is 0 Å². The van der Waals surface area contributed by atoms with Gasteiger partial charge in [-0.2, -0.15) is 5.26 Å². The van der Waals surface area contributed by atoms with Crippen molar-refractivity contribution < 1.29 is 9.53 Å². The SMILES string of the molecule is CCC(C)(OC)C(=O)NC1(C#N)CCCCCC1. The highest BCUT2D eigenvalue weighted by Crippen LogP contribution is 2.28. The van der Waals surface area contributed by atoms with Crippen LogP contribution in [0.2, 0.25) is 0 Å². The first-order valence-electron chi connectivity index (χ1n) is 6.81. The van der Waals surface area contributed by atoms with Crippen LogP contribution >= 0.6 is 0 Å². The van der Waals surface area contributed by atoms with Gasteiger partial charge in [0.05, 0.1) is 6.07 Å². The second-order valence-corrected chi connectivity index (χ2v) is 5.35. The molecule has 1 atom stereocenters. The standard InChI is InChI=1S/C14H24N2O2/c1-4-13(2,18-3)12(17)16-14(11-15)9-7-5-6-8-10-14/h4-10H2,1-3H3,(H,16,17). The van der Waals surface area contributed by atoms with Crippen LogP contribution in [0.15, 0.2) is 0 Å². The fourth-order valence-corrected chi connectivity index (χ4v) is 2.34. The second kappa shape index (κ2) is 6.19. The lowest BCUT2D eigenvalue weighted by Gasteiger charge is -2.32. The van der Waals surface area contributed by atoms with Crippen molar-refractivity contribution in [1.82, 2.24) is 5.32 Å². The average Bonchev–Trinajstić information content (AvgIpc) is 2.63. The van der Waals surface area contributed by atoms with Gasteiger partial charge in [0.15, 0.2) is 0 Å². The van der Waals surface area contributed by atoms with Crippen molar-refractivity contribution in [3.05, 3.63) is 0 Å². The molecule has 1 aliphatic carbocycles. The van der Waals surface area contributed by atoms with E-state index in [1.165, 1.54) is 7.11 Å². The minimum atomic E-state index is -0.837. The van der Waals surface area contributed by atoms with Gasteiger partial charge in [-0.1, -0.05) is 32.6 Å². The summed E-state index contributed by atoms with van der Waals surface area (Å²) < 4.78 is 5.29. The molecule has 1 unspecified atom stereocenters. The minimum absolute atomic E-state index is 0.170. The molecule has 0 saturated heterocycles. The number of nitrogens with one attached hydrogen (secondary N) is 1. The smallest absolute Gasteiger partial charge is 0.253 e. The highest BCUT2D eigenvalue weighted by atomic mass is 16.5. The van der Waals surface area contributed by atoms with Crippen LogP contribution in [0.4, 0.5) is 0 Å². The fourth-order valence-electron chi connectivity index (χ4n) is 2.34. The van der Waals surface area contributed by atoms with E-state index in [1.807, 2.05) is 6.92 Å². The van der Waals surface area contributed by atoms with Crippen molar-refractivity contribution in [2.24, 2.45) is 0 Å². The summed E-state index contributed by atoms with van der Waals surface area (Å²) in [5.74, 6) is -0.170. The average molecular weight is 252 g/mol. The van der Waals surface area contributed by atoms with Crippen molar-refractivity contribution in [1.29, 1.82) is 5.26 Å². The number of hydrogen-bond donors (Lipinski definition) is 1. The van der Waals surface area contributed by atoms with Gasteiger partial charge in [0.2, 0.25) is 0 Å². The molecule has 0 aromatic heterocycles. The number of carbonyl (C=O) groups excluding carboxylic acids is 1. The zero-order valence-electron chi connectivity index (χ0n) is 11.7. The molecule has 0 aromatic carbocycles. The number of hydrogen-bond acceptors (Lipinski definition) is 3. The first-order valence-corrected chi connectivity index (χ1v) is 6.81. The maximum Gasteiger partial charge on any atom is 0.253 e. The van der Waals surface area contributed by atoms with Crippen LogP contribution in [-0.2, 0) is 9.53 Å². The van der Waals surface area contributed by atoms with Gasteiger partial charge in [0.1, 0.15) is 11.1 Å². The Labute approximate surface area is 110 Å². The second-order valence-electron chi connectivity index (χ2n) is 5.35. The van der Waals surface area contributed by atoms with Gasteiger partial charge in [-0.05, 0) is 26.2 Å². The third kappa shape index (κ3) is 3.23. The van der Waals surface area contributed by atoms with E-state index in [-0.39, 0.29) is 5.91 Å². The Kier molecular flexibility index (Phi) is 5.15. The van der Waals surface area contributed by atoms with Crippen LogP contribution in [0.25, 0.3) is 0 Å². The van der Waals surface area contributed by atoms with E-state index in [1.54, 1.807) is 6.92 Å². The van der Waals surface area contributed by atoms with Crippen molar-refractivity contribution in [2.75, 3.05) is 7.11 Å². The van der Waals surface area contributed by atoms with Crippen LogP contribution in [0, 0.1) is 11.3 Å². The molecule has 0 bridgehead atoms. The summed E-state index contributed by atoms with van der Waals surface area (Å²) in [6, 6.07) is 2.32. The summed E-state index contributed by atoms with van der Waals surface area (Å²) in [7, 11) is 1.54. The lowest BCUT2D eigenvalue weighted by Crippen LogP contribution is -2.55. The van der Waals surface area contributed by atoms with Gasteiger partial charge in [0.25, 0.3) is 5.91 Å². The minimum Gasteiger partial charge on any atom is -0.369 e. The molecule has 1 fully saturated rings. The Morgan fingerprint density at radius 3 is 2.33 bits per heavy atom. The van der Waals surface area contributed by atoms with E-state index >= 15 is 0 Å². The first-order chi connectivity index (χ1) is 8.52. The monoisotopic (exact) mass is 252 g/mol. The summed E-state index contributed by atoms with van der Waals surface area (Å²) >= 11 is 0. The Hall–Kier alpha value is -1.08. The normalized spacial score (nSPS) is 22.3. The summed E-state index contributed by atoms with van der Waals surface area (Å²) in [5.41, 5.74) is -1.53. The molecule has 102 valence electrons. The lowest BCUT2D eigenvalue weighted by molar-refractivity contribution is -0.143. The largest absolute Gasteiger partial charge is 0.369 e. The Bertz CT molecular complexity index is 321. The molecular formula is C14H24N2O2. The number of amides is 1. The van der Waals surface area contributed by atoms with Crippen molar-refractivity contribution in [3.8, 4) is 6.07 Å². The zero-order valence-corrected chi connectivity index (χ0v) is 11.7. The van der Waals surface area contributed by atoms with E-state index in [0.717, 1.165) is 38.5 Å².